The molecule has 27 heavy (non-hydrogen) atoms. The van der Waals surface area contributed by atoms with Crippen molar-refractivity contribution in [1.82, 2.24) is 4.90 Å². The van der Waals surface area contributed by atoms with Gasteiger partial charge in [-0.05, 0) is 34.9 Å². The summed E-state index contributed by atoms with van der Waals surface area (Å²) >= 11 is 1.44. The summed E-state index contributed by atoms with van der Waals surface area (Å²) in [6.45, 7) is 2.47. The van der Waals surface area contributed by atoms with Crippen LogP contribution in [0, 0.1) is 0 Å². The van der Waals surface area contributed by atoms with E-state index in [9.17, 15) is 4.79 Å². The molecule has 1 saturated heterocycles. The molecule has 3 aromatic carbocycles. The number of carbonyl (C=O) groups is 1. The van der Waals surface area contributed by atoms with Crippen molar-refractivity contribution in [3.05, 3.63) is 83.9 Å². The maximum absolute atomic E-state index is 12.2. The Morgan fingerprint density at radius 2 is 1.74 bits per heavy atom. The Labute approximate surface area is 162 Å². The van der Waals surface area contributed by atoms with Crippen LogP contribution in [-0.2, 0) is 11.3 Å². The summed E-state index contributed by atoms with van der Waals surface area (Å²) in [6.07, 6.45) is 0. The Kier molecular flexibility index (Phi) is 5.03. The summed E-state index contributed by atoms with van der Waals surface area (Å²) in [4.78, 5) is 13.9. The maximum Gasteiger partial charge on any atom is 0.239 e. The van der Waals surface area contributed by atoms with Crippen molar-refractivity contribution in [3.8, 4) is 0 Å². The number of hydrogen-bond donors (Lipinski definition) is 0. The quantitative estimate of drug-likeness (QED) is 0.492. The molecule has 0 aromatic heterocycles. The van der Waals surface area contributed by atoms with E-state index in [1.807, 2.05) is 49.4 Å². The van der Waals surface area contributed by atoms with E-state index in [0.29, 0.717) is 17.5 Å². The molecule has 1 amide bonds. The van der Waals surface area contributed by atoms with Gasteiger partial charge in [-0.1, -0.05) is 78.5 Å². The van der Waals surface area contributed by atoms with Crippen molar-refractivity contribution < 1.29 is 4.79 Å². The van der Waals surface area contributed by atoms with Crippen molar-refractivity contribution in [2.24, 2.45) is 10.2 Å². The van der Waals surface area contributed by atoms with Gasteiger partial charge in [0.2, 0.25) is 5.91 Å². The predicted molar refractivity (Wildman–Crippen MR) is 113 cm³/mol. The highest BCUT2D eigenvalue weighted by Crippen LogP contribution is 2.22. The number of nitrogens with zero attached hydrogens (tertiary/aromatic N) is 3. The summed E-state index contributed by atoms with van der Waals surface area (Å²) < 4.78 is 0. The minimum atomic E-state index is 0.0705. The Balaban J connectivity index is 1.57. The van der Waals surface area contributed by atoms with Crippen LogP contribution < -0.4 is 0 Å². The molecular weight excluding hydrogens is 354 g/mol. The molecule has 0 saturated carbocycles. The fourth-order valence-corrected chi connectivity index (χ4v) is 3.81. The highest BCUT2D eigenvalue weighted by Gasteiger charge is 2.28. The molecule has 0 N–H and O–H groups in total. The van der Waals surface area contributed by atoms with Crippen LogP contribution in [0.4, 0.5) is 0 Å². The molecule has 134 valence electrons. The van der Waals surface area contributed by atoms with E-state index in [4.69, 9.17) is 0 Å². The Morgan fingerprint density at radius 3 is 2.56 bits per heavy atom. The number of amidine groups is 1. The molecular formula is C22H19N3OS. The van der Waals surface area contributed by atoms with Crippen LogP contribution in [0.3, 0.4) is 0 Å². The van der Waals surface area contributed by atoms with Gasteiger partial charge in [-0.15, -0.1) is 5.10 Å². The Bertz CT molecular complexity index is 1040. The van der Waals surface area contributed by atoms with Gasteiger partial charge in [-0.2, -0.15) is 5.10 Å². The molecule has 1 heterocycles. The molecule has 0 aliphatic carbocycles. The minimum absolute atomic E-state index is 0.0705. The van der Waals surface area contributed by atoms with Gasteiger partial charge in [-0.25, -0.2) is 0 Å². The molecule has 0 atom stereocenters. The second-order valence-electron chi connectivity index (χ2n) is 6.38. The molecule has 0 radical (unpaired) electrons. The van der Waals surface area contributed by atoms with Crippen molar-refractivity contribution in [3.63, 3.8) is 0 Å². The molecule has 1 aliphatic rings. The van der Waals surface area contributed by atoms with E-state index in [2.05, 4.69) is 40.5 Å². The topological polar surface area (TPSA) is 45.0 Å². The molecule has 0 unspecified atom stereocenters. The van der Waals surface area contributed by atoms with Crippen molar-refractivity contribution >= 4 is 39.3 Å². The van der Waals surface area contributed by atoms with Gasteiger partial charge in [0.1, 0.15) is 0 Å². The highest BCUT2D eigenvalue weighted by atomic mass is 32.2. The molecule has 4 rings (SSSR count). The number of thioether (sulfide) groups is 1. The van der Waals surface area contributed by atoms with Gasteiger partial charge in [0.25, 0.3) is 0 Å². The average molecular weight is 373 g/mol. The zero-order valence-corrected chi connectivity index (χ0v) is 15.8. The van der Waals surface area contributed by atoms with E-state index < -0.39 is 0 Å². The number of amides is 1. The Hall–Kier alpha value is -2.92. The van der Waals surface area contributed by atoms with Crippen LogP contribution in [0.1, 0.15) is 18.1 Å². The highest BCUT2D eigenvalue weighted by molar-refractivity contribution is 8.15. The molecule has 3 aromatic rings. The number of carbonyl (C=O) groups excluding carboxylic acids is 1. The maximum atomic E-state index is 12.2. The zero-order valence-electron chi connectivity index (χ0n) is 15.0. The lowest BCUT2D eigenvalue weighted by Crippen LogP contribution is -2.28. The first-order valence-corrected chi connectivity index (χ1v) is 9.78. The van der Waals surface area contributed by atoms with E-state index in [-0.39, 0.29) is 5.91 Å². The first kappa shape index (κ1) is 17.5. The predicted octanol–water partition coefficient (Wildman–Crippen LogP) is 4.70. The summed E-state index contributed by atoms with van der Waals surface area (Å²) in [6, 6.07) is 24.4. The summed E-state index contributed by atoms with van der Waals surface area (Å²) in [7, 11) is 0. The number of fused-ring (bicyclic) bond motifs is 1. The lowest BCUT2D eigenvalue weighted by atomic mass is 10.0. The van der Waals surface area contributed by atoms with E-state index >= 15 is 0 Å². The fourth-order valence-electron chi connectivity index (χ4n) is 2.98. The third kappa shape index (κ3) is 3.93. The van der Waals surface area contributed by atoms with Crippen LogP contribution in [-0.4, -0.2) is 27.4 Å². The molecule has 5 heteroatoms. The first-order chi connectivity index (χ1) is 13.2. The lowest BCUT2D eigenvalue weighted by molar-refractivity contribution is -0.124. The second kappa shape index (κ2) is 7.76. The van der Waals surface area contributed by atoms with E-state index in [1.54, 1.807) is 4.90 Å². The zero-order chi connectivity index (χ0) is 18.6. The average Bonchev–Trinajstić information content (AvgIpc) is 3.06. The third-order valence-electron chi connectivity index (χ3n) is 4.49. The first-order valence-electron chi connectivity index (χ1n) is 8.79. The van der Waals surface area contributed by atoms with Crippen molar-refractivity contribution in [2.45, 2.75) is 13.5 Å². The standard InChI is InChI=1S/C22H19N3OS/c1-16(19-12-11-18-9-5-6-10-20(18)13-19)23-24-22-25(21(26)15-27-22)14-17-7-3-2-4-8-17/h2-13H,14-15H2,1H3/b23-16-,24-22+. The van der Waals surface area contributed by atoms with Gasteiger partial charge in [0, 0.05) is 0 Å². The largest absolute Gasteiger partial charge is 0.285 e. The molecule has 4 nitrogen and oxygen atoms in total. The monoisotopic (exact) mass is 373 g/mol. The number of hydrogen-bond acceptors (Lipinski definition) is 4. The SMILES string of the molecule is C/C(=N/N=C1/SCC(=O)N1Cc1ccccc1)c1ccc2ccccc2c1. The summed E-state index contributed by atoms with van der Waals surface area (Å²) in [5.41, 5.74) is 2.94. The van der Waals surface area contributed by atoms with Gasteiger partial charge in [0.05, 0.1) is 18.0 Å². The van der Waals surface area contributed by atoms with Crippen LogP contribution in [0.25, 0.3) is 10.8 Å². The van der Waals surface area contributed by atoms with Gasteiger partial charge in [0.15, 0.2) is 5.17 Å². The normalized spacial score (nSPS) is 16.5. The second-order valence-corrected chi connectivity index (χ2v) is 7.33. The van der Waals surface area contributed by atoms with Gasteiger partial charge in [-0.3, -0.25) is 9.69 Å². The lowest BCUT2D eigenvalue weighted by Gasteiger charge is -2.15. The van der Waals surface area contributed by atoms with Crippen LogP contribution in [0.15, 0.2) is 83.0 Å². The smallest absolute Gasteiger partial charge is 0.239 e. The van der Waals surface area contributed by atoms with Gasteiger partial charge >= 0.3 is 0 Å². The summed E-state index contributed by atoms with van der Waals surface area (Å²) in [5.74, 6) is 0.483. The Morgan fingerprint density at radius 1 is 1.00 bits per heavy atom. The number of rotatable bonds is 4. The third-order valence-corrected chi connectivity index (χ3v) is 5.44. The molecule has 1 fully saturated rings. The van der Waals surface area contributed by atoms with Crippen LogP contribution in [0.5, 0.6) is 0 Å². The van der Waals surface area contributed by atoms with Crippen molar-refractivity contribution in [2.75, 3.05) is 5.75 Å². The summed E-state index contributed by atoms with van der Waals surface area (Å²) in [5, 5.41) is 11.8. The van der Waals surface area contributed by atoms with E-state index in [0.717, 1.165) is 16.8 Å². The molecule has 0 bridgehead atoms. The molecule has 0 spiro atoms. The fraction of sp³-hybridized carbons (Fsp3) is 0.136. The minimum Gasteiger partial charge on any atom is -0.285 e. The van der Waals surface area contributed by atoms with Crippen LogP contribution in [0.2, 0.25) is 0 Å². The van der Waals surface area contributed by atoms with E-state index in [1.165, 1.54) is 22.5 Å². The number of benzene rings is 3. The van der Waals surface area contributed by atoms with Crippen molar-refractivity contribution in [1.29, 1.82) is 0 Å². The van der Waals surface area contributed by atoms with Crippen LogP contribution >= 0.6 is 11.8 Å². The molecule has 1 aliphatic heterocycles. The van der Waals surface area contributed by atoms with Gasteiger partial charge < -0.3 is 0 Å².